The molecule has 31 heavy (non-hydrogen) atoms. The number of amides is 2. The normalized spacial score (nSPS) is 18.6. The maximum atomic E-state index is 13.4. The van der Waals surface area contributed by atoms with Gasteiger partial charge >= 0.3 is 0 Å². The van der Waals surface area contributed by atoms with E-state index in [1.807, 2.05) is 35.2 Å². The molecule has 2 aliphatic heterocycles. The van der Waals surface area contributed by atoms with Crippen molar-refractivity contribution in [3.8, 4) is 0 Å². The number of hydrogen-bond donors (Lipinski definition) is 0. The first kappa shape index (κ1) is 21.3. The molecule has 4 rings (SSSR count). The van der Waals surface area contributed by atoms with E-state index in [1.54, 1.807) is 18.2 Å². The lowest BCUT2D eigenvalue weighted by Crippen LogP contribution is -2.39. The fourth-order valence-electron chi connectivity index (χ4n) is 3.59. The number of benzene rings is 2. The molecule has 2 aliphatic rings. The maximum Gasteiger partial charge on any atom is 0.283 e. The predicted molar refractivity (Wildman–Crippen MR) is 123 cm³/mol. The Kier molecular flexibility index (Phi) is 6.51. The molecule has 0 radical (unpaired) electrons. The summed E-state index contributed by atoms with van der Waals surface area (Å²) in [5.74, 6) is 0.227. The number of aliphatic imine (C=N–C) groups is 1. The van der Waals surface area contributed by atoms with Crippen LogP contribution in [0, 0.1) is 11.7 Å². The SMILES string of the molecule is CC1CCN(C(=O)CSC2=NC(=Cc3ccccc3)C(=O)N2c2ccc(F)cc2)CC1. The molecule has 1 fully saturated rings. The second kappa shape index (κ2) is 9.47. The lowest BCUT2D eigenvalue weighted by atomic mass is 9.99. The van der Waals surface area contributed by atoms with Crippen molar-refractivity contribution in [1.82, 2.24) is 4.90 Å². The van der Waals surface area contributed by atoms with Crippen LogP contribution in [0.15, 0.2) is 65.3 Å². The van der Waals surface area contributed by atoms with E-state index in [-0.39, 0.29) is 29.1 Å². The number of nitrogens with zero attached hydrogens (tertiary/aromatic N) is 3. The molecule has 0 bridgehead atoms. The number of amidine groups is 1. The Labute approximate surface area is 185 Å². The van der Waals surface area contributed by atoms with Gasteiger partial charge in [-0.3, -0.25) is 14.5 Å². The fourth-order valence-corrected chi connectivity index (χ4v) is 4.51. The summed E-state index contributed by atoms with van der Waals surface area (Å²) >= 11 is 1.24. The van der Waals surface area contributed by atoms with Gasteiger partial charge in [-0.25, -0.2) is 9.38 Å². The summed E-state index contributed by atoms with van der Waals surface area (Å²) in [6, 6.07) is 15.2. The second-order valence-corrected chi connectivity index (χ2v) is 8.75. The van der Waals surface area contributed by atoms with Gasteiger partial charge in [-0.2, -0.15) is 0 Å². The zero-order valence-corrected chi connectivity index (χ0v) is 18.1. The highest BCUT2D eigenvalue weighted by molar-refractivity contribution is 8.14. The van der Waals surface area contributed by atoms with E-state index < -0.39 is 0 Å². The Balaban J connectivity index is 1.55. The summed E-state index contributed by atoms with van der Waals surface area (Å²) in [6.45, 7) is 3.75. The van der Waals surface area contributed by atoms with Crippen molar-refractivity contribution in [3.05, 3.63) is 71.7 Å². The zero-order chi connectivity index (χ0) is 21.8. The smallest absolute Gasteiger partial charge is 0.283 e. The average Bonchev–Trinajstić information content (AvgIpc) is 3.09. The first-order valence-corrected chi connectivity index (χ1v) is 11.4. The van der Waals surface area contributed by atoms with Crippen LogP contribution in [0.3, 0.4) is 0 Å². The van der Waals surface area contributed by atoms with Gasteiger partial charge in [-0.1, -0.05) is 49.0 Å². The summed E-state index contributed by atoms with van der Waals surface area (Å²) in [5, 5.41) is 0.428. The molecule has 2 aromatic rings. The largest absolute Gasteiger partial charge is 0.342 e. The van der Waals surface area contributed by atoms with Crippen molar-refractivity contribution in [2.24, 2.45) is 10.9 Å². The Bertz CT molecular complexity index is 1010. The van der Waals surface area contributed by atoms with Crippen molar-refractivity contribution in [2.45, 2.75) is 19.8 Å². The summed E-state index contributed by atoms with van der Waals surface area (Å²) in [6.07, 6.45) is 3.75. The molecule has 0 atom stereocenters. The number of thioether (sulfide) groups is 1. The third kappa shape index (κ3) is 5.05. The molecule has 2 heterocycles. The lowest BCUT2D eigenvalue weighted by molar-refractivity contribution is -0.129. The van der Waals surface area contributed by atoms with Crippen LogP contribution in [0.5, 0.6) is 0 Å². The molecule has 0 aliphatic carbocycles. The molecule has 0 N–H and O–H groups in total. The van der Waals surface area contributed by atoms with Gasteiger partial charge in [0.05, 0.1) is 11.4 Å². The van der Waals surface area contributed by atoms with Crippen LogP contribution >= 0.6 is 11.8 Å². The fraction of sp³-hybridized carbons (Fsp3) is 0.292. The number of rotatable bonds is 4. The zero-order valence-electron chi connectivity index (χ0n) is 17.3. The molecule has 7 heteroatoms. The highest BCUT2D eigenvalue weighted by Crippen LogP contribution is 2.30. The maximum absolute atomic E-state index is 13.4. The van der Waals surface area contributed by atoms with Gasteiger partial charge in [-0.15, -0.1) is 0 Å². The minimum Gasteiger partial charge on any atom is -0.342 e. The van der Waals surface area contributed by atoms with Gasteiger partial charge in [0, 0.05) is 13.1 Å². The van der Waals surface area contributed by atoms with Crippen molar-refractivity contribution < 1.29 is 14.0 Å². The van der Waals surface area contributed by atoms with E-state index in [2.05, 4.69) is 11.9 Å². The minimum absolute atomic E-state index is 0.0478. The van der Waals surface area contributed by atoms with Gasteiger partial charge in [0.25, 0.3) is 5.91 Å². The van der Waals surface area contributed by atoms with Crippen LogP contribution in [-0.2, 0) is 9.59 Å². The molecular formula is C24H24FN3O2S. The minimum atomic E-state index is -0.379. The lowest BCUT2D eigenvalue weighted by Gasteiger charge is -2.30. The van der Waals surface area contributed by atoms with E-state index in [0.29, 0.717) is 16.8 Å². The summed E-state index contributed by atoms with van der Waals surface area (Å²) in [4.78, 5) is 33.7. The molecule has 5 nitrogen and oxygen atoms in total. The van der Waals surface area contributed by atoms with Gasteiger partial charge in [0.1, 0.15) is 11.5 Å². The summed E-state index contributed by atoms with van der Waals surface area (Å²) in [7, 11) is 0. The number of anilines is 1. The van der Waals surface area contributed by atoms with Crippen LogP contribution in [-0.4, -0.2) is 40.7 Å². The Hall–Kier alpha value is -2.93. The number of carbonyl (C=O) groups excluding carboxylic acids is 2. The molecule has 0 unspecified atom stereocenters. The first-order valence-electron chi connectivity index (χ1n) is 10.4. The summed E-state index contributed by atoms with van der Waals surface area (Å²) in [5.41, 5.74) is 1.67. The average molecular weight is 438 g/mol. The van der Waals surface area contributed by atoms with Crippen LogP contribution in [0.2, 0.25) is 0 Å². The molecule has 2 amide bonds. The van der Waals surface area contributed by atoms with Crippen LogP contribution in [0.1, 0.15) is 25.3 Å². The van der Waals surface area contributed by atoms with E-state index >= 15 is 0 Å². The predicted octanol–water partition coefficient (Wildman–Crippen LogP) is 4.56. The monoisotopic (exact) mass is 437 g/mol. The number of hydrogen-bond acceptors (Lipinski definition) is 4. The van der Waals surface area contributed by atoms with Gasteiger partial charge in [0.2, 0.25) is 5.91 Å². The van der Waals surface area contributed by atoms with Crippen LogP contribution < -0.4 is 4.90 Å². The molecule has 1 saturated heterocycles. The Morgan fingerprint density at radius 1 is 1.13 bits per heavy atom. The topological polar surface area (TPSA) is 53.0 Å². The van der Waals surface area contributed by atoms with Crippen molar-refractivity contribution in [1.29, 1.82) is 0 Å². The Morgan fingerprint density at radius 2 is 1.81 bits per heavy atom. The standard InChI is InChI=1S/C24H24FN3O2S/c1-17-11-13-27(14-12-17)22(29)16-31-24-26-21(15-18-5-3-2-4-6-18)23(30)28(24)20-9-7-19(25)8-10-20/h2-10,15,17H,11-14,16H2,1H3. The van der Waals surface area contributed by atoms with Crippen molar-refractivity contribution >= 4 is 40.5 Å². The van der Waals surface area contributed by atoms with Crippen LogP contribution in [0.25, 0.3) is 6.08 Å². The Morgan fingerprint density at radius 3 is 2.48 bits per heavy atom. The molecule has 0 aromatic heterocycles. The molecule has 2 aromatic carbocycles. The molecule has 0 saturated carbocycles. The highest BCUT2D eigenvalue weighted by atomic mass is 32.2. The van der Waals surface area contributed by atoms with Gasteiger partial charge in [0.15, 0.2) is 5.17 Å². The van der Waals surface area contributed by atoms with Crippen molar-refractivity contribution in [3.63, 3.8) is 0 Å². The molecular weight excluding hydrogens is 413 g/mol. The van der Waals surface area contributed by atoms with Gasteiger partial charge in [-0.05, 0) is 54.7 Å². The first-order chi connectivity index (χ1) is 15.0. The molecule has 160 valence electrons. The van der Waals surface area contributed by atoms with E-state index in [4.69, 9.17) is 0 Å². The number of likely N-dealkylation sites (tertiary alicyclic amines) is 1. The molecule has 0 spiro atoms. The van der Waals surface area contributed by atoms with Gasteiger partial charge < -0.3 is 4.90 Å². The number of piperidine rings is 1. The van der Waals surface area contributed by atoms with Crippen LogP contribution in [0.4, 0.5) is 10.1 Å². The highest BCUT2D eigenvalue weighted by Gasteiger charge is 2.33. The number of halogens is 1. The summed E-state index contributed by atoms with van der Waals surface area (Å²) < 4.78 is 13.4. The van der Waals surface area contributed by atoms with E-state index in [9.17, 15) is 14.0 Å². The third-order valence-corrected chi connectivity index (χ3v) is 6.40. The quantitative estimate of drug-likeness (QED) is 0.659. The van der Waals surface area contributed by atoms with E-state index in [0.717, 1.165) is 31.5 Å². The van der Waals surface area contributed by atoms with Crippen molar-refractivity contribution in [2.75, 3.05) is 23.7 Å². The third-order valence-electron chi connectivity index (χ3n) is 5.48. The second-order valence-electron chi connectivity index (χ2n) is 7.80. The number of carbonyl (C=O) groups is 2. The van der Waals surface area contributed by atoms with E-state index in [1.165, 1.54) is 28.8 Å².